The van der Waals surface area contributed by atoms with Crippen LogP contribution >= 0.6 is 11.3 Å². The number of thiazole rings is 1. The van der Waals surface area contributed by atoms with Gasteiger partial charge in [-0.1, -0.05) is 13.8 Å². The van der Waals surface area contributed by atoms with Gasteiger partial charge in [0.25, 0.3) is 5.91 Å². The summed E-state index contributed by atoms with van der Waals surface area (Å²) >= 11 is 1.53. The third-order valence-electron chi connectivity index (χ3n) is 3.55. The van der Waals surface area contributed by atoms with Gasteiger partial charge in [-0.3, -0.25) is 4.79 Å². The van der Waals surface area contributed by atoms with Crippen molar-refractivity contribution in [2.24, 2.45) is 5.92 Å². The van der Waals surface area contributed by atoms with E-state index in [1.54, 1.807) is 29.8 Å². The second-order valence-electron chi connectivity index (χ2n) is 5.63. The molecule has 1 unspecified atom stereocenters. The van der Waals surface area contributed by atoms with E-state index in [1.807, 2.05) is 19.2 Å². The first-order valence-corrected chi connectivity index (χ1v) is 8.56. The number of benzene rings is 1. The van der Waals surface area contributed by atoms with Crippen LogP contribution in [0.4, 0.5) is 0 Å². The predicted molar refractivity (Wildman–Crippen MR) is 90.7 cm³/mol. The summed E-state index contributed by atoms with van der Waals surface area (Å²) in [6.07, 6.45) is 0.554. The number of ether oxygens (including phenoxy) is 1. The molecule has 1 atom stereocenters. The lowest BCUT2D eigenvalue weighted by Crippen LogP contribution is -2.39. The highest BCUT2D eigenvalue weighted by molar-refractivity contribution is 7.07. The van der Waals surface area contributed by atoms with Gasteiger partial charge in [0.2, 0.25) is 0 Å². The molecule has 1 heterocycles. The molecule has 0 fully saturated rings. The average molecular weight is 334 g/mol. The fraction of sp³-hybridized carbons (Fsp3) is 0.412. The summed E-state index contributed by atoms with van der Waals surface area (Å²) in [4.78, 5) is 16.4. The predicted octanol–water partition coefficient (Wildman–Crippen LogP) is 2.86. The van der Waals surface area contributed by atoms with E-state index in [9.17, 15) is 4.79 Å². The number of hydrogen-bond donors (Lipinski definition) is 2. The molecule has 2 aromatic rings. The van der Waals surface area contributed by atoms with Crippen molar-refractivity contribution < 1.29 is 14.6 Å². The third kappa shape index (κ3) is 5.33. The zero-order chi connectivity index (χ0) is 16.7. The minimum absolute atomic E-state index is 0.0342. The Hall–Kier alpha value is -1.92. The van der Waals surface area contributed by atoms with Gasteiger partial charge in [-0.15, -0.1) is 11.3 Å². The Balaban J connectivity index is 1.91. The van der Waals surface area contributed by atoms with E-state index in [0.29, 0.717) is 24.3 Å². The number of carbonyl (C=O) groups excluding carboxylic acids is 1. The fourth-order valence-corrected chi connectivity index (χ4v) is 2.67. The Morgan fingerprint density at radius 2 is 2.09 bits per heavy atom. The number of rotatable bonds is 8. The third-order valence-corrected chi connectivity index (χ3v) is 4.18. The zero-order valence-electron chi connectivity index (χ0n) is 13.4. The van der Waals surface area contributed by atoms with Crippen LogP contribution in [0.25, 0.3) is 0 Å². The molecule has 1 aromatic heterocycles. The number of aliphatic hydroxyl groups excluding tert-OH is 1. The smallest absolute Gasteiger partial charge is 0.251 e. The van der Waals surface area contributed by atoms with Gasteiger partial charge in [0.05, 0.1) is 11.2 Å². The Bertz CT molecular complexity index is 597. The molecule has 0 bridgehead atoms. The number of aliphatic hydroxyl groups is 1. The van der Waals surface area contributed by atoms with Crippen LogP contribution in [-0.4, -0.2) is 28.6 Å². The van der Waals surface area contributed by atoms with Gasteiger partial charge in [-0.2, -0.15) is 0 Å². The number of nitrogens with one attached hydrogen (secondary N) is 1. The van der Waals surface area contributed by atoms with Gasteiger partial charge in [-0.05, 0) is 36.6 Å². The summed E-state index contributed by atoms with van der Waals surface area (Å²) in [5.41, 5.74) is 3.24. The molecule has 0 aliphatic rings. The fourth-order valence-electron chi connectivity index (χ4n) is 2.13. The minimum Gasteiger partial charge on any atom is -0.487 e. The van der Waals surface area contributed by atoms with Gasteiger partial charge in [0, 0.05) is 23.6 Å². The van der Waals surface area contributed by atoms with Crippen molar-refractivity contribution in [3.63, 3.8) is 0 Å². The van der Waals surface area contributed by atoms with Crippen LogP contribution in [0.1, 0.15) is 36.3 Å². The lowest BCUT2D eigenvalue weighted by molar-refractivity contribution is 0.0916. The average Bonchev–Trinajstić information content (AvgIpc) is 3.06. The minimum atomic E-state index is -0.136. The number of carbonyl (C=O) groups is 1. The maximum Gasteiger partial charge on any atom is 0.251 e. The van der Waals surface area contributed by atoms with Crippen LogP contribution in [0.15, 0.2) is 35.2 Å². The highest BCUT2D eigenvalue weighted by atomic mass is 32.1. The van der Waals surface area contributed by atoms with E-state index >= 15 is 0 Å². The first-order chi connectivity index (χ1) is 11.1. The highest BCUT2D eigenvalue weighted by Gasteiger charge is 2.16. The van der Waals surface area contributed by atoms with Crippen LogP contribution < -0.4 is 10.1 Å². The molecular weight excluding hydrogens is 312 g/mol. The lowest BCUT2D eigenvalue weighted by atomic mass is 10.0. The molecule has 0 saturated heterocycles. The number of hydrogen-bond acceptors (Lipinski definition) is 5. The molecule has 0 radical (unpaired) electrons. The summed E-state index contributed by atoms with van der Waals surface area (Å²) in [6.45, 7) is 4.53. The molecule has 2 N–H and O–H groups in total. The molecule has 0 aliphatic heterocycles. The van der Waals surface area contributed by atoms with Crippen LogP contribution in [0.3, 0.4) is 0 Å². The summed E-state index contributed by atoms with van der Waals surface area (Å²) in [5, 5.41) is 14.0. The van der Waals surface area contributed by atoms with E-state index in [0.717, 1.165) is 5.69 Å². The number of amides is 1. The van der Waals surface area contributed by atoms with Gasteiger partial charge in [-0.25, -0.2) is 4.98 Å². The van der Waals surface area contributed by atoms with Gasteiger partial charge >= 0.3 is 0 Å². The van der Waals surface area contributed by atoms with E-state index < -0.39 is 0 Å². The Labute approximate surface area is 140 Å². The van der Waals surface area contributed by atoms with Crippen molar-refractivity contribution in [3.05, 3.63) is 46.4 Å². The molecule has 2 rings (SSSR count). The topological polar surface area (TPSA) is 71.5 Å². The van der Waals surface area contributed by atoms with E-state index in [-0.39, 0.29) is 24.5 Å². The van der Waals surface area contributed by atoms with Gasteiger partial charge in [0.1, 0.15) is 12.4 Å². The summed E-state index contributed by atoms with van der Waals surface area (Å²) in [6, 6.07) is 6.99. The lowest BCUT2D eigenvalue weighted by Gasteiger charge is -2.21. The molecule has 23 heavy (non-hydrogen) atoms. The van der Waals surface area contributed by atoms with Gasteiger partial charge in [0.15, 0.2) is 0 Å². The first-order valence-electron chi connectivity index (χ1n) is 7.61. The normalized spacial score (nSPS) is 12.2. The van der Waals surface area contributed by atoms with Crippen LogP contribution in [0.5, 0.6) is 5.75 Å². The second kappa shape index (κ2) is 8.64. The molecule has 124 valence electrons. The van der Waals surface area contributed by atoms with Crippen molar-refractivity contribution in [1.29, 1.82) is 0 Å². The van der Waals surface area contributed by atoms with E-state index in [1.165, 1.54) is 11.3 Å². The van der Waals surface area contributed by atoms with Crippen LogP contribution in [0, 0.1) is 5.92 Å². The Morgan fingerprint density at radius 1 is 1.35 bits per heavy atom. The molecule has 0 aliphatic carbocycles. The second-order valence-corrected chi connectivity index (χ2v) is 6.35. The van der Waals surface area contributed by atoms with Gasteiger partial charge < -0.3 is 15.2 Å². The summed E-state index contributed by atoms with van der Waals surface area (Å²) in [5.74, 6) is 0.834. The molecule has 1 aromatic carbocycles. The van der Waals surface area contributed by atoms with E-state index in [4.69, 9.17) is 9.84 Å². The largest absolute Gasteiger partial charge is 0.487 e. The van der Waals surface area contributed by atoms with Crippen molar-refractivity contribution in [2.45, 2.75) is 32.9 Å². The SMILES string of the molecule is CC(C)C(CCO)NC(=O)c1ccc(OCc2cscn2)cc1. The molecular formula is C17H22N2O3S. The van der Waals surface area contributed by atoms with Crippen molar-refractivity contribution in [1.82, 2.24) is 10.3 Å². The first kappa shape index (κ1) is 17.4. The number of nitrogens with zero attached hydrogens (tertiary/aromatic N) is 1. The number of aromatic nitrogens is 1. The standard InChI is InChI=1S/C17H22N2O3S/c1-12(2)16(7-8-20)19-17(21)13-3-5-15(6-4-13)22-9-14-10-23-11-18-14/h3-6,10-12,16,20H,7-9H2,1-2H3,(H,19,21). The maximum atomic E-state index is 12.2. The molecule has 6 heteroatoms. The van der Waals surface area contributed by atoms with Crippen LogP contribution in [-0.2, 0) is 6.61 Å². The monoisotopic (exact) mass is 334 g/mol. The maximum absolute atomic E-state index is 12.2. The quantitative estimate of drug-likeness (QED) is 0.779. The van der Waals surface area contributed by atoms with Crippen molar-refractivity contribution >= 4 is 17.2 Å². The van der Waals surface area contributed by atoms with Crippen LogP contribution in [0.2, 0.25) is 0 Å². The van der Waals surface area contributed by atoms with Crippen molar-refractivity contribution in [3.8, 4) is 5.75 Å². The molecule has 1 amide bonds. The van der Waals surface area contributed by atoms with Crippen molar-refractivity contribution in [2.75, 3.05) is 6.61 Å². The zero-order valence-corrected chi connectivity index (χ0v) is 14.2. The molecule has 0 spiro atoms. The summed E-state index contributed by atoms with van der Waals surface area (Å²) < 4.78 is 5.62. The van der Waals surface area contributed by atoms with E-state index in [2.05, 4.69) is 10.3 Å². The highest BCUT2D eigenvalue weighted by Crippen LogP contribution is 2.15. The summed E-state index contributed by atoms with van der Waals surface area (Å²) in [7, 11) is 0. The Kier molecular flexibility index (Phi) is 6.55. The molecule has 5 nitrogen and oxygen atoms in total. The molecule has 0 saturated carbocycles. The Morgan fingerprint density at radius 3 is 2.65 bits per heavy atom.